The molecule has 2 rings (SSSR count). The highest BCUT2D eigenvalue weighted by atomic mass is 19.3. The molecule has 2 atom stereocenters. The first kappa shape index (κ1) is 14.2. The fourth-order valence-electron chi connectivity index (χ4n) is 2.38. The molecule has 0 amide bonds. The largest absolute Gasteiger partial charge is 0.434 e. The van der Waals surface area contributed by atoms with Crippen LogP contribution in [0.1, 0.15) is 37.3 Å². The maximum absolute atomic E-state index is 12.3. The molecular formula is C14H19F2NO2. The molecule has 5 heteroatoms. The number of hydrogen-bond donors (Lipinski definition) is 1. The second-order valence-electron chi connectivity index (χ2n) is 4.74. The highest BCUT2D eigenvalue weighted by Crippen LogP contribution is 2.29. The lowest BCUT2D eigenvalue weighted by atomic mass is 9.99. The third-order valence-corrected chi connectivity index (χ3v) is 3.36. The highest BCUT2D eigenvalue weighted by Gasteiger charge is 2.19. The van der Waals surface area contributed by atoms with Crippen molar-refractivity contribution >= 4 is 0 Å². The fraction of sp³-hybridized carbons (Fsp3) is 0.571. The maximum Gasteiger partial charge on any atom is 0.387 e. The standard InChI is InChI=1S/C14H19F2NO2/c15-14(16)19-13-6-2-1-5-11(13)12(17)8-7-10-4-3-9-18-10/h1-2,5-6,10,12,14H,3-4,7-9,17H2. The Morgan fingerprint density at radius 2 is 2.16 bits per heavy atom. The molecule has 0 bridgehead atoms. The lowest BCUT2D eigenvalue weighted by Crippen LogP contribution is -2.16. The molecule has 1 fully saturated rings. The van der Waals surface area contributed by atoms with Crippen molar-refractivity contribution in [2.75, 3.05) is 6.61 Å². The van der Waals surface area contributed by atoms with Gasteiger partial charge in [-0.1, -0.05) is 18.2 Å². The first-order valence-corrected chi connectivity index (χ1v) is 6.57. The van der Waals surface area contributed by atoms with Crippen LogP contribution in [0.5, 0.6) is 5.75 Å². The molecule has 1 aromatic carbocycles. The predicted octanol–water partition coefficient (Wildman–Crippen LogP) is 3.25. The Morgan fingerprint density at radius 3 is 2.84 bits per heavy atom. The van der Waals surface area contributed by atoms with Gasteiger partial charge in [0.05, 0.1) is 6.10 Å². The van der Waals surface area contributed by atoms with Gasteiger partial charge in [0.15, 0.2) is 0 Å². The quantitative estimate of drug-likeness (QED) is 0.863. The van der Waals surface area contributed by atoms with Gasteiger partial charge in [-0.3, -0.25) is 0 Å². The maximum atomic E-state index is 12.3. The van der Waals surface area contributed by atoms with Gasteiger partial charge in [0.25, 0.3) is 0 Å². The minimum absolute atomic E-state index is 0.164. The van der Waals surface area contributed by atoms with Crippen LogP contribution in [0.25, 0.3) is 0 Å². The molecule has 1 aliphatic heterocycles. The van der Waals surface area contributed by atoms with Gasteiger partial charge in [0, 0.05) is 18.2 Å². The van der Waals surface area contributed by atoms with E-state index < -0.39 is 6.61 Å². The molecule has 0 aromatic heterocycles. The molecule has 2 N–H and O–H groups in total. The van der Waals surface area contributed by atoms with Crippen LogP contribution >= 0.6 is 0 Å². The van der Waals surface area contributed by atoms with Crippen LogP contribution in [0.15, 0.2) is 24.3 Å². The van der Waals surface area contributed by atoms with Gasteiger partial charge in [-0.15, -0.1) is 0 Å². The summed E-state index contributed by atoms with van der Waals surface area (Å²) in [5.74, 6) is 0.164. The summed E-state index contributed by atoms with van der Waals surface area (Å²) < 4.78 is 34.6. The summed E-state index contributed by atoms with van der Waals surface area (Å²) in [5.41, 5.74) is 6.69. The highest BCUT2D eigenvalue weighted by molar-refractivity contribution is 5.35. The smallest absolute Gasteiger partial charge is 0.387 e. The molecule has 3 nitrogen and oxygen atoms in total. The summed E-state index contributed by atoms with van der Waals surface area (Å²) in [6.07, 6.45) is 3.96. The van der Waals surface area contributed by atoms with Gasteiger partial charge in [0.2, 0.25) is 0 Å². The Balaban J connectivity index is 1.95. The number of alkyl halides is 2. The van der Waals surface area contributed by atoms with E-state index in [1.54, 1.807) is 18.2 Å². The summed E-state index contributed by atoms with van der Waals surface area (Å²) in [5, 5.41) is 0. The van der Waals surface area contributed by atoms with E-state index in [9.17, 15) is 8.78 Å². The van der Waals surface area contributed by atoms with Crippen molar-refractivity contribution in [3.05, 3.63) is 29.8 Å². The van der Waals surface area contributed by atoms with E-state index in [1.165, 1.54) is 6.07 Å². The SMILES string of the molecule is NC(CCC1CCCO1)c1ccccc1OC(F)F. The Kier molecular flexibility index (Phi) is 5.10. The van der Waals surface area contributed by atoms with Gasteiger partial charge in [-0.05, 0) is 31.7 Å². The molecule has 106 valence electrons. The molecular weight excluding hydrogens is 252 g/mol. The number of ether oxygens (including phenoxy) is 2. The molecule has 0 aliphatic carbocycles. The van der Waals surface area contributed by atoms with E-state index in [2.05, 4.69) is 4.74 Å². The van der Waals surface area contributed by atoms with E-state index >= 15 is 0 Å². The van der Waals surface area contributed by atoms with Gasteiger partial charge in [-0.2, -0.15) is 8.78 Å². The van der Waals surface area contributed by atoms with Gasteiger partial charge >= 0.3 is 6.61 Å². The van der Waals surface area contributed by atoms with Crippen molar-refractivity contribution in [3.8, 4) is 5.75 Å². The van der Waals surface area contributed by atoms with E-state index in [1.807, 2.05) is 0 Å². The summed E-state index contributed by atoms with van der Waals surface area (Å²) in [4.78, 5) is 0. The number of benzene rings is 1. The number of rotatable bonds is 6. The second kappa shape index (κ2) is 6.82. The minimum atomic E-state index is -2.83. The molecule has 19 heavy (non-hydrogen) atoms. The Labute approximate surface area is 111 Å². The van der Waals surface area contributed by atoms with Gasteiger partial charge in [0.1, 0.15) is 5.75 Å². The average molecular weight is 271 g/mol. The van der Waals surface area contributed by atoms with E-state index in [0.29, 0.717) is 12.0 Å². The summed E-state index contributed by atoms with van der Waals surface area (Å²) >= 11 is 0. The van der Waals surface area contributed by atoms with Crippen LogP contribution in [0, 0.1) is 0 Å². The first-order valence-electron chi connectivity index (χ1n) is 6.57. The Bertz CT molecular complexity index is 395. The number of halogens is 2. The fourth-order valence-corrected chi connectivity index (χ4v) is 2.38. The Hall–Kier alpha value is -1.20. The second-order valence-corrected chi connectivity index (χ2v) is 4.74. The van der Waals surface area contributed by atoms with Crippen molar-refractivity contribution < 1.29 is 18.3 Å². The van der Waals surface area contributed by atoms with Crippen LogP contribution < -0.4 is 10.5 Å². The lowest BCUT2D eigenvalue weighted by Gasteiger charge is -2.18. The average Bonchev–Trinajstić information content (AvgIpc) is 2.89. The third-order valence-electron chi connectivity index (χ3n) is 3.36. The van der Waals surface area contributed by atoms with E-state index in [0.717, 1.165) is 25.9 Å². The van der Waals surface area contributed by atoms with Crippen LogP contribution in [-0.2, 0) is 4.74 Å². The van der Waals surface area contributed by atoms with Crippen molar-refractivity contribution in [1.29, 1.82) is 0 Å². The van der Waals surface area contributed by atoms with Crippen molar-refractivity contribution in [1.82, 2.24) is 0 Å². The van der Waals surface area contributed by atoms with Crippen molar-refractivity contribution in [2.24, 2.45) is 5.73 Å². The lowest BCUT2D eigenvalue weighted by molar-refractivity contribution is -0.0506. The minimum Gasteiger partial charge on any atom is -0.434 e. The zero-order valence-electron chi connectivity index (χ0n) is 10.7. The predicted molar refractivity (Wildman–Crippen MR) is 68.2 cm³/mol. The monoisotopic (exact) mass is 271 g/mol. The molecule has 0 radical (unpaired) electrons. The summed E-state index contributed by atoms with van der Waals surface area (Å²) in [6.45, 7) is -2.02. The molecule has 1 heterocycles. The zero-order valence-corrected chi connectivity index (χ0v) is 10.7. The Morgan fingerprint density at radius 1 is 1.37 bits per heavy atom. The van der Waals surface area contributed by atoms with Crippen LogP contribution in [0.4, 0.5) is 8.78 Å². The molecule has 2 unspecified atom stereocenters. The molecule has 0 saturated carbocycles. The molecule has 1 saturated heterocycles. The zero-order chi connectivity index (χ0) is 13.7. The molecule has 1 aromatic rings. The summed E-state index contributed by atoms with van der Waals surface area (Å²) in [7, 11) is 0. The number of para-hydroxylation sites is 1. The van der Waals surface area contributed by atoms with E-state index in [-0.39, 0.29) is 17.9 Å². The first-order chi connectivity index (χ1) is 9.16. The molecule has 0 spiro atoms. The van der Waals surface area contributed by atoms with Crippen molar-refractivity contribution in [2.45, 2.75) is 44.4 Å². The number of hydrogen-bond acceptors (Lipinski definition) is 3. The van der Waals surface area contributed by atoms with Gasteiger partial charge in [-0.25, -0.2) is 0 Å². The van der Waals surface area contributed by atoms with Crippen LogP contribution in [0.3, 0.4) is 0 Å². The topological polar surface area (TPSA) is 44.5 Å². The number of nitrogens with two attached hydrogens (primary N) is 1. The van der Waals surface area contributed by atoms with E-state index in [4.69, 9.17) is 10.5 Å². The summed E-state index contributed by atoms with van der Waals surface area (Å²) in [6, 6.07) is 6.39. The normalized spacial score (nSPS) is 20.7. The van der Waals surface area contributed by atoms with Crippen molar-refractivity contribution in [3.63, 3.8) is 0 Å². The van der Waals surface area contributed by atoms with Crippen LogP contribution in [-0.4, -0.2) is 19.3 Å². The van der Waals surface area contributed by atoms with Gasteiger partial charge < -0.3 is 15.2 Å². The third kappa shape index (κ3) is 4.14. The van der Waals surface area contributed by atoms with Crippen LogP contribution in [0.2, 0.25) is 0 Å². The molecule has 1 aliphatic rings.